The van der Waals surface area contributed by atoms with E-state index in [1.165, 1.54) is 0 Å². The zero-order chi connectivity index (χ0) is 13.9. The summed E-state index contributed by atoms with van der Waals surface area (Å²) in [6.07, 6.45) is 2.15. The zero-order valence-electron chi connectivity index (χ0n) is 10.7. The van der Waals surface area contributed by atoms with E-state index >= 15 is 0 Å². The average Bonchev–Trinajstić information content (AvgIpc) is 2.49. The minimum Gasteiger partial charge on any atom is -0.294 e. The molecule has 3 heteroatoms. The number of ketones is 1. The van der Waals surface area contributed by atoms with Crippen LogP contribution in [0.15, 0.2) is 65.3 Å². The minimum atomic E-state index is 0.117. The highest BCUT2D eigenvalue weighted by molar-refractivity contribution is 9.10. The van der Waals surface area contributed by atoms with E-state index in [-0.39, 0.29) is 5.78 Å². The molecule has 0 aliphatic carbocycles. The van der Waals surface area contributed by atoms with Crippen molar-refractivity contribution >= 4 is 32.6 Å². The van der Waals surface area contributed by atoms with Crippen LogP contribution in [0, 0.1) is 0 Å². The van der Waals surface area contributed by atoms with Crippen molar-refractivity contribution in [3.63, 3.8) is 0 Å². The molecule has 0 bridgehead atoms. The second kappa shape index (κ2) is 5.55. The van der Waals surface area contributed by atoms with Crippen molar-refractivity contribution in [2.24, 2.45) is 0 Å². The van der Waals surface area contributed by atoms with Crippen molar-refractivity contribution in [1.82, 2.24) is 4.98 Å². The highest BCUT2D eigenvalue weighted by Crippen LogP contribution is 2.19. The number of nitrogens with zero attached hydrogens (tertiary/aromatic N) is 1. The van der Waals surface area contributed by atoms with Gasteiger partial charge in [-0.25, -0.2) is 0 Å². The summed E-state index contributed by atoms with van der Waals surface area (Å²) in [4.78, 5) is 16.8. The molecule has 0 spiro atoms. The van der Waals surface area contributed by atoms with Crippen molar-refractivity contribution in [3.05, 3.63) is 76.4 Å². The van der Waals surface area contributed by atoms with Crippen molar-refractivity contribution in [2.75, 3.05) is 0 Å². The van der Waals surface area contributed by atoms with E-state index in [0.29, 0.717) is 6.42 Å². The Labute approximate surface area is 125 Å². The van der Waals surface area contributed by atoms with Crippen molar-refractivity contribution in [3.8, 4) is 0 Å². The summed E-state index contributed by atoms with van der Waals surface area (Å²) in [5.41, 5.74) is 2.60. The molecular formula is C17H12BrNO. The largest absolute Gasteiger partial charge is 0.294 e. The van der Waals surface area contributed by atoms with E-state index < -0.39 is 0 Å². The quantitative estimate of drug-likeness (QED) is 0.667. The predicted octanol–water partition coefficient (Wildman–Crippen LogP) is 4.42. The smallest absolute Gasteiger partial charge is 0.167 e. The van der Waals surface area contributed by atoms with Crippen molar-refractivity contribution in [1.29, 1.82) is 0 Å². The number of halogens is 1. The first-order valence-corrected chi connectivity index (χ1v) is 7.15. The summed E-state index contributed by atoms with van der Waals surface area (Å²) in [7, 11) is 0. The van der Waals surface area contributed by atoms with Crippen LogP contribution in [0.1, 0.15) is 15.9 Å². The van der Waals surface area contributed by atoms with Crippen LogP contribution in [0.5, 0.6) is 0 Å². The van der Waals surface area contributed by atoms with Gasteiger partial charge in [-0.1, -0.05) is 46.3 Å². The fourth-order valence-corrected chi connectivity index (χ4v) is 2.49. The van der Waals surface area contributed by atoms with Gasteiger partial charge in [-0.2, -0.15) is 0 Å². The molecule has 0 aliphatic rings. The zero-order valence-corrected chi connectivity index (χ0v) is 12.3. The molecule has 0 saturated heterocycles. The van der Waals surface area contributed by atoms with Gasteiger partial charge in [0.2, 0.25) is 0 Å². The highest BCUT2D eigenvalue weighted by Gasteiger charge is 2.10. The number of rotatable bonds is 3. The Kier molecular flexibility index (Phi) is 3.61. The maximum atomic E-state index is 12.5. The molecule has 0 amide bonds. The number of Topliss-reactive ketones (excluding diaryl/α,β-unsaturated/α-hetero) is 1. The second-order valence-corrected chi connectivity index (χ2v) is 5.52. The third kappa shape index (κ3) is 2.63. The van der Waals surface area contributed by atoms with Gasteiger partial charge in [0.1, 0.15) is 0 Å². The Morgan fingerprint density at radius 2 is 1.80 bits per heavy atom. The Balaban J connectivity index is 1.94. The van der Waals surface area contributed by atoms with E-state index in [0.717, 1.165) is 26.5 Å². The van der Waals surface area contributed by atoms with Gasteiger partial charge in [-0.15, -0.1) is 0 Å². The summed E-state index contributed by atoms with van der Waals surface area (Å²) in [6, 6.07) is 17.3. The molecule has 1 aromatic heterocycles. The molecule has 0 atom stereocenters. The summed E-state index contributed by atoms with van der Waals surface area (Å²) >= 11 is 3.40. The maximum absolute atomic E-state index is 12.5. The van der Waals surface area contributed by atoms with Gasteiger partial charge in [0.15, 0.2) is 5.78 Å². The van der Waals surface area contributed by atoms with Gasteiger partial charge in [0, 0.05) is 28.0 Å². The topological polar surface area (TPSA) is 30.0 Å². The summed E-state index contributed by atoms with van der Waals surface area (Å²) in [6.45, 7) is 0. The number of pyridine rings is 1. The van der Waals surface area contributed by atoms with Crippen LogP contribution in [0.4, 0.5) is 0 Å². The molecule has 0 unspecified atom stereocenters. The molecule has 3 rings (SSSR count). The Bertz CT molecular complexity index is 760. The lowest BCUT2D eigenvalue weighted by atomic mass is 9.99. The first-order valence-electron chi connectivity index (χ1n) is 6.35. The molecule has 1 heterocycles. The van der Waals surface area contributed by atoms with E-state index in [2.05, 4.69) is 20.9 Å². The van der Waals surface area contributed by atoms with Crippen LogP contribution in [-0.4, -0.2) is 10.8 Å². The lowest BCUT2D eigenvalue weighted by Gasteiger charge is -2.05. The molecule has 0 fully saturated rings. The standard InChI is InChI=1S/C17H12BrNO/c18-13-8-6-12(7-9-13)11-17(20)15-3-1-5-16-14(15)4-2-10-19-16/h1-10H,11H2. The van der Waals surface area contributed by atoms with Crippen LogP contribution in [0.2, 0.25) is 0 Å². The van der Waals surface area contributed by atoms with Crippen LogP contribution in [0.3, 0.4) is 0 Å². The molecule has 0 saturated carbocycles. The molecule has 20 heavy (non-hydrogen) atoms. The number of aromatic nitrogens is 1. The fraction of sp³-hybridized carbons (Fsp3) is 0.0588. The Morgan fingerprint density at radius 1 is 1.00 bits per heavy atom. The SMILES string of the molecule is O=C(Cc1ccc(Br)cc1)c1cccc2ncccc12. The van der Waals surface area contributed by atoms with E-state index in [4.69, 9.17) is 0 Å². The van der Waals surface area contributed by atoms with Crippen LogP contribution in [0.25, 0.3) is 10.9 Å². The third-order valence-corrected chi connectivity index (χ3v) is 3.75. The monoisotopic (exact) mass is 325 g/mol. The van der Waals surface area contributed by atoms with E-state index in [9.17, 15) is 4.79 Å². The summed E-state index contributed by atoms with van der Waals surface area (Å²) in [5, 5.41) is 0.914. The lowest BCUT2D eigenvalue weighted by Crippen LogP contribution is -2.04. The average molecular weight is 326 g/mol. The van der Waals surface area contributed by atoms with Crippen LogP contribution < -0.4 is 0 Å². The molecular weight excluding hydrogens is 314 g/mol. The van der Waals surface area contributed by atoms with Gasteiger partial charge in [0.25, 0.3) is 0 Å². The van der Waals surface area contributed by atoms with Crippen LogP contribution in [-0.2, 0) is 6.42 Å². The molecule has 3 aromatic rings. The number of hydrogen-bond acceptors (Lipinski definition) is 2. The van der Waals surface area contributed by atoms with E-state index in [1.807, 2.05) is 54.6 Å². The molecule has 0 radical (unpaired) electrons. The van der Waals surface area contributed by atoms with Crippen LogP contribution >= 0.6 is 15.9 Å². The predicted molar refractivity (Wildman–Crippen MR) is 83.9 cm³/mol. The lowest BCUT2D eigenvalue weighted by molar-refractivity contribution is 0.0994. The number of benzene rings is 2. The minimum absolute atomic E-state index is 0.117. The highest BCUT2D eigenvalue weighted by atomic mass is 79.9. The molecule has 98 valence electrons. The van der Waals surface area contributed by atoms with Gasteiger partial charge in [-0.3, -0.25) is 9.78 Å². The normalized spacial score (nSPS) is 10.7. The van der Waals surface area contributed by atoms with E-state index in [1.54, 1.807) is 6.20 Å². The Hall–Kier alpha value is -2.00. The third-order valence-electron chi connectivity index (χ3n) is 3.22. The summed E-state index contributed by atoms with van der Waals surface area (Å²) < 4.78 is 1.02. The second-order valence-electron chi connectivity index (χ2n) is 4.60. The first-order chi connectivity index (χ1) is 9.74. The maximum Gasteiger partial charge on any atom is 0.167 e. The van der Waals surface area contributed by atoms with Gasteiger partial charge < -0.3 is 0 Å². The van der Waals surface area contributed by atoms with Gasteiger partial charge >= 0.3 is 0 Å². The molecule has 0 N–H and O–H groups in total. The molecule has 2 nitrogen and oxygen atoms in total. The van der Waals surface area contributed by atoms with Crippen molar-refractivity contribution in [2.45, 2.75) is 6.42 Å². The van der Waals surface area contributed by atoms with Gasteiger partial charge in [-0.05, 0) is 29.8 Å². The fourth-order valence-electron chi connectivity index (χ4n) is 2.23. The van der Waals surface area contributed by atoms with Crippen molar-refractivity contribution < 1.29 is 4.79 Å². The first kappa shape index (κ1) is 13.0. The number of hydrogen-bond donors (Lipinski definition) is 0. The molecule has 0 aliphatic heterocycles. The number of carbonyl (C=O) groups excluding carboxylic acids is 1. The Morgan fingerprint density at radius 3 is 2.60 bits per heavy atom. The molecule has 2 aromatic carbocycles. The number of fused-ring (bicyclic) bond motifs is 1. The number of carbonyl (C=O) groups is 1. The summed E-state index contributed by atoms with van der Waals surface area (Å²) in [5.74, 6) is 0.117. The van der Waals surface area contributed by atoms with Gasteiger partial charge in [0.05, 0.1) is 5.52 Å².